The minimum absolute atomic E-state index is 0. The third kappa shape index (κ3) is 11.3. The topological polar surface area (TPSA) is 77.2 Å². The van der Waals surface area contributed by atoms with E-state index in [1.165, 1.54) is 18.4 Å². The minimum atomic E-state index is -0.489. The molecule has 1 fully saturated rings. The van der Waals surface area contributed by atoms with E-state index in [1.807, 2.05) is 6.07 Å². The number of piperidine rings is 1. The first kappa shape index (κ1) is 33.2. The molecule has 0 spiro atoms. The highest BCUT2D eigenvalue weighted by Crippen LogP contribution is 2.31. The Morgan fingerprint density at radius 1 is 1.15 bits per heavy atom. The Labute approximate surface area is 219 Å². The number of likely N-dealkylation sites (tertiary alicyclic amines) is 1. The van der Waals surface area contributed by atoms with Gasteiger partial charge in [0.25, 0.3) is 0 Å². The molecule has 0 saturated carbocycles. The fraction of sp³-hybridized carbons (Fsp3) is 0.769. The Morgan fingerprint density at radius 2 is 1.88 bits per heavy atom. The molecule has 1 aromatic carbocycles. The number of methoxy groups -OCH3 is 2. The van der Waals surface area contributed by atoms with Crippen LogP contribution >= 0.6 is 24.8 Å². The van der Waals surface area contributed by atoms with Gasteiger partial charge in [0.2, 0.25) is 0 Å². The van der Waals surface area contributed by atoms with Gasteiger partial charge in [0.1, 0.15) is 0 Å². The molecule has 0 aliphatic carbocycles. The fourth-order valence-electron chi connectivity index (χ4n) is 4.60. The van der Waals surface area contributed by atoms with E-state index in [0.717, 1.165) is 43.9 Å². The third-order valence-corrected chi connectivity index (χ3v) is 6.67. The summed E-state index contributed by atoms with van der Waals surface area (Å²) in [5.41, 5.74) is 7.70. The molecule has 1 saturated heterocycles. The Hall–Kier alpha value is -0.760. The highest BCUT2D eigenvalue weighted by Gasteiger charge is 2.26. The molecule has 4 atom stereocenters. The van der Waals surface area contributed by atoms with E-state index in [-0.39, 0.29) is 30.9 Å². The highest BCUT2D eigenvalue weighted by molar-refractivity contribution is 5.85. The van der Waals surface area contributed by atoms with Crippen LogP contribution < -0.4 is 15.2 Å². The predicted molar refractivity (Wildman–Crippen MR) is 145 cm³/mol. The van der Waals surface area contributed by atoms with Gasteiger partial charge in [-0.1, -0.05) is 26.8 Å². The monoisotopic (exact) mass is 522 g/mol. The van der Waals surface area contributed by atoms with Crippen molar-refractivity contribution in [2.75, 3.05) is 47.1 Å². The Bertz CT molecular complexity index is 666. The molecule has 1 heterocycles. The normalized spacial score (nSPS) is 19.0. The standard InChI is InChI=1S/C26H46N2O4.2ClH/c1-19(2)22(16-23(27)24(29)18-28-11-6-8-20(3)17-28)14-21-9-10-25(31-5)26(15-21)32-13-7-12-30-4;;/h9-10,15,19-20,22-24,29H,6-8,11-14,16-18,27H2,1-5H3;2*1H/t20-,22+,23+,24+;;/m1../s1. The smallest absolute Gasteiger partial charge is 0.161 e. The van der Waals surface area contributed by atoms with E-state index in [9.17, 15) is 5.11 Å². The Kier molecular flexibility index (Phi) is 17.2. The van der Waals surface area contributed by atoms with Crippen LogP contribution in [0.25, 0.3) is 0 Å². The molecule has 1 aliphatic heterocycles. The lowest BCUT2D eigenvalue weighted by atomic mass is 9.83. The summed E-state index contributed by atoms with van der Waals surface area (Å²) < 4.78 is 16.5. The number of benzene rings is 1. The van der Waals surface area contributed by atoms with Gasteiger partial charge in [-0.3, -0.25) is 0 Å². The number of hydrogen-bond acceptors (Lipinski definition) is 6. The fourth-order valence-corrected chi connectivity index (χ4v) is 4.60. The van der Waals surface area contributed by atoms with Gasteiger partial charge >= 0.3 is 0 Å². The van der Waals surface area contributed by atoms with Crippen molar-refractivity contribution < 1.29 is 19.3 Å². The Morgan fingerprint density at radius 3 is 2.50 bits per heavy atom. The molecule has 0 amide bonds. The van der Waals surface area contributed by atoms with Gasteiger partial charge in [-0.2, -0.15) is 0 Å². The summed E-state index contributed by atoms with van der Waals surface area (Å²) >= 11 is 0. The summed E-state index contributed by atoms with van der Waals surface area (Å²) in [6, 6.07) is 5.94. The molecule has 1 aliphatic rings. The number of halogens is 2. The first-order valence-electron chi connectivity index (χ1n) is 12.3. The van der Waals surface area contributed by atoms with E-state index in [2.05, 4.69) is 37.8 Å². The minimum Gasteiger partial charge on any atom is -0.493 e. The molecule has 0 radical (unpaired) electrons. The second-order valence-corrected chi connectivity index (χ2v) is 9.86. The molecule has 34 heavy (non-hydrogen) atoms. The summed E-state index contributed by atoms with van der Waals surface area (Å²) in [6.07, 6.45) is 4.55. The number of aliphatic hydroxyl groups excluding tert-OH is 1. The van der Waals surface area contributed by atoms with Crippen LogP contribution in [0.1, 0.15) is 52.0 Å². The maximum absolute atomic E-state index is 10.8. The van der Waals surface area contributed by atoms with Gasteiger partial charge in [-0.25, -0.2) is 0 Å². The molecule has 3 N–H and O–H groups in total. The number of nitrogens with zero attached hydrogens (tertiary/aromatic N) is 1. The average molecular weight is 524 g/mol. The van der Waals surface area contributed by atoms with Crippen LogP contribution in [0.4, 0.5) is 0 Å². The van der Waals surface area contributed by atoms with Crippen LogP contribution in [0.5, 0.6) is 11.5 Å². The molecule has 0 bridgehead atoms. The zero-order chi connectivity index (χ0) is 23.5. The zero-order valence-corrected chi connectivity index (χ0v) is 23.3. The van der Waals surface area contributed by atoms with E-state index < -0.39 is 6.10 Å². The van der Waals surface area contributed by atoms with Crippen molar-refractivity contribution in [3.8, 4) is 11.5 Å². The summed E-state index contributed by atoms with van der Waals surface area (Å²) in [5, 5.41) is 10.8. The number of rotatable bonds is 14. The van der Waals surface area contributed by atoms with Crippen molar-refractivity contribution in [2.45, 2.75) is 65.0 Å². The highest BCUT2D eigenvalue weighted by atomic mass is 35.5. The molecule has 6 nitrogen and oxygen atoms in total. The third-order valence-electron chi connectivity index (χ3n) is 6.67. The van der Waals surface area contributed by atoms with E-state index in [4.69, 9.17) is 19.9 Å². The maximum atomic E-state index is 10.8. The van der Waals surface area contributed by atoms with E-state index in [0.29, 0.717) is 37.5 Å². The van der Waals surface area contributed by atoms with Crippen molar-refractivity contribution in [1.29, 1.82) is 0 Å². The largest absolute Gasteiger partial charge is 0.493 e. The van der Waals surface area contributed by atoms with Crippen LogP contribution in [-0.4, -0.2) is 69.2 Å². The lowest BCUT2D eigenvalue weighted by Gasteiger charge is -2.34. The first-order chi connectivity index (χ1) is 15.3. The van der Waals surface area contributed by atoms with Crippen LogP contribution in [0.15, 0.2) is 18.2 Å². The summed E-state index contributed by atoms with van der Waals surface area (Å²) in [7, 11) is 3.36. The Balaban J connectivity index is 0.00000544. The molecule has 0 aromatic heterocycles. The molecule has 8 heteroatoms. The quantitative estimate of drug-likeness (QED) is 0.348. The van der Waals surface area contributed by atoms with Crippen molar-refractivity contribution >= 4 is 24.8 Å². The lowest BCUT2D eigenvalue weighted by Crippen LogP contribution is -2.47. The first-order valence-corrected chi connectivity index (χ1v) is 12.3. The molecular weight excluding hydrogens is 475 g/mol. The van der Waals surface area contributed by atoms with Gasteiger partial charge < -0.3 is 30.0 Å². The van der Waals surface area contributed by atoms with Gasteiger partial charge in [0, 0.05) is 39.3 Å². The van der Waals surface area contributed by atoms with Gasteiger partial charge in [-0.15, -0.1) is 24.8 Å². The number of aliphatic hydroxyl groups is 1. The van der Waals surface area contributed by atoms with Crippen molar-refractivity contribution in [3.63, 3.8) is 0 Å². The molecular formula is C26H48Cl2N2O4. The number of nitrogens with two attached hydrogens (primary N) is 1. The van der Waals surface area contributed by atoms with Crippen molar-refractivity contribution in [1.82, 2.24) is 4.90 Å². The van der Waals surface area contributed by atoms with Gasteiger partial charge in [0.05, 0.1) is 19.8 Å². The molecule has 0 unspecified atom stereocenters. The summed E-state index contributed by atoms with van der Waals surface area (Å²) in [6.45, 7) is 10.8. The van der Waals surface area contributed by atoms with Crippen molar-refractivity contribution in [3.05, 3.63) is 23.8 Å². The van der Waals surface area contributed by atoms with Crippen LogP contribution in [0, 0.1) is 17.8 Å². The van der Waals surface area contributed by atoms with Crippen LogP contribution in [-0.2, 0) is 11.2 Å². The molecule has 1 aromatic rings. The predicted octanol–water partition coefficient (Wildman–Crippen LogP) is 4.58. The van der Waals surface area contributed by atoms with Gasteiger partial charge in [-0.05, 0) is 67.7 Å². The van der Waals surface area contributed by atoms with E-state index in [1.54, 1.807) is 14.2 Å². The second kappa shape index (κ2) is 17.6. The van der Waals surface area contributed by atoms with Crippen molar-refractivity contribution in [2.24, 2.45) is 23.5 Å². The number of β-amino-alcohol motifs (C(OH)–C–C–N with tert-alkyl or cyclic N) is 1. The lowest BCUT2D eigenvalue weighted by molar-refractivity contribution is 0.0628. The van der Waals surface area contributed by atoms with Crippen LogP contribution in [0.3, 0.4) is 0 Å². The molecule has 2 rings (SSSR count). The zero-order valence-electron chi connectivity index (χ0n) is 21.7. The summed E-state index contributed by atoms with van der Waals surface area (Å²) in [4.78, 5) is 2.37. The van der Waals surface area contributed by atoms with E-state index >= 15 is 0 Å². The number of ether oxygens (including phenoxy) is 3. The summed E-state index contributed by atoms with van der Waals surface area (Å²) in [5.74, 6) is 3.07. The van der Waals surface area contributed by atoms with Crippen LogP contribution in [0.2, 0.25) is 0 Å². The maximum Gasteiger partial charge on any atom is 0.161 e. The average Bonchev–Trinajstić information content (AvgIpc) is 2.76. The number of hydrogen-bond donors (Lipinski definition) is 2. The SMILES string of the molecule is COCCCOc1cc(C[C@@H](C[C@H](N)[C@@H](O)CN2CCC[C@@H](C)C2)C(C)C)ccc1OC.Cl.Cl. The van der Waals surface area contributed by atoms with Gasteiger partial charge in [0.15, 0.2) is 11.5 Å². The molecule has 200 valence electrons. The second-order valence-electron chi connectivity index (χ2n) is 9.86.